The third-order valence-electron chi connectivity index (χ3n) is 2.20. The van der Waals surface area contributed by atoms with Crippen molar-refractivity contribution in [2.24, 2.45) is 0 Å². The summed E-state index contributed by atoms with van der Waals surface area (Å²) < 4.78 is 24.0. The molecule has 0 amide bonds. The number of sulfonamides is 1. The minimum Gasteiger partial charge on any atom is -0.281 e. The first-order valence-corrected chi connectivity index (χ1v) is 6.97. The lowest BCUT2D eigenvalue weighted by molar-refractivity contribution is -0.385. The number of hydrogen-bond acceptors (Lipinski definition) is 5. The molecule has 0 saturated heterocycles. The van der Waals surface area contributed by atoms with Crippen LogP contribution in [0.5, 0.6) is 0 Å². The van der Waals surface area contributed by atoms with Gasteiger partial charge in [0.25, 0.3) is 15.7 Å². The van der Waals surface area contributed by atoms with Crippen LogP contribution in [0.3, 0.4) is 0 Å². The molecule has 0 aliphatic rings. The maximum absolute atomic E-state index is 12.0. The van der Waals surface area contributed by atoms with Gasteiger partial charge in [0.2, 0.25) is 0 Å². The van der Waals surface area contributed by atoms with Crippen molar-refractivity contribution < 1.29 is 18.2 Å². The van der Waals surface area contributed by atoms with Gasteiger partial charge in [-0.05, 0) is 33.8 Å². The summed E-state index contributed by atoms with van der Waals surface area (Å²) in [6.07, 6.45) is 0. The lowest BCUT2D eigenvalue weighted by Crippen LogP contribution is -2.33. The van der Waals surface area contributed by atoms with Gasteiger partial charge in [0, 0.05) is 11.6 Å². The molecule has 19 heavy (non-hydrogen) atoms. The molecule has 1 aromatic carbocycles. The largest absolute Gasteiger partial charge is 0.281 e. The highest BCUT2D eigenvalue weighted by Crippen LogP contribution is 2.24. The molecule has 7 nitrogen and oxygen atoms in total. The number of rotatable bonds is 4. The van der Waals surface area contributed by atoms with Gasteiger partial charge in [-0.25, -0.2) is 8.42 Å². The summed E-state index contributed by atoms with van der Waals surface area (Å²) in [6, 6.07) is 3.85. The van der Waals surface area contributed by atoms with Crippen LogP contribution in [0.25, 0.3) is 0 Å². The second-order valence-corrected chi connectivity index (χ2v) is 6.57. The second-order valence-electron chi connectivity index (χ2n) is 4.96. The lowest BCUT2D eigenvalue weighted by atomic mass is 10.2. The molecule has 0 aromatic heterocycles. The summed E-state index contributed by atoms with van der Waals surface area (Å²) in [6.45, 7) is 6.41. The molecule has 0 heterocycles. The van der Waals surface area contributed by atoms with Crippen molar-refractivity contribution in [1.29, 1.82) is 0 Å². The summed E-state index contributed by atoms with van der Waals surface area (Å²) in [4.78, 5) is 16.9. The summed E-state index contributed by atoms with van der Waals surface area (Å²) in [7, 11) is -3.96. The summed E-state index contributed by atoms with van der Waals surface area (Å²) in [5, 5.41) is 10.8. The Bertz CT molecular complexity index is 590. The molecular formula is C11H16N2O5S. The molecule has 1 rings (SSSR count). The Morgan fingerprint density at radius 3 is 2.37 bits per heavy atom. The molecule has 0 unspecified atom stereocenters. The smallest absolute Gasteiger partial charge is 0.273 e. The van der Waals surface area contributed by atoms with E-state index in [9.17, 15) is 18.5 Å². The van der Waals surface area contributed by atoms with Crippen molar-refractivity contribution >= 4 is 15.7 Å². The molecule has 8 heteroatoms. The Morgan fingerprint density at radius 2 is 1.89 bits per heavy atom. The van der Waals surface area contributed by atoms with E-state index in [-0.39, 0.29) is 16.1 Å². The van der Waals surface area contributed by atoms with Crippen LogP contribution in [0.15, 0.2) is 23.1 Å². The van der Waals surface area contributed by atoms with Gasteiger partial charge < -0.3 is 0 Å². The van der Waals surface area contributed by atoms with Crippen molar-refractivity contribution in [1.82, 2.24) is 4.89 Å². The molecule has 0 spiro atoms. The molecule has 1 aromatic rings. The molecule has 0 fully saturated rings. The molecule has 106 valence electrons. The van der Waals surface area contributed by atoms with E-state index in [0.29, 0.717) is 0 Å². The maximum Gasteiger partial charge on any atom is 0.273 e. The predicted octanol–water partition coefficient (Wildman–Crippen LogP) is 1.91. The number of nitro groups is 1. The topological polar surface area (TPSA) is 98.5 Å². The fourth-order valence-corrected chi connectivity index (χ4v) is 2.53. The number of hydrogen-bond donors (Lipinski definition) is 1. The summed E-state index contributed by atoms with van der Waals surface area (Å²) >= 11 is 0. The standard InChI is InChI=1S/C11H16N2O5S/c1-8-9(13(14)15)6-5-7-10(8)19(16,17)12-18-11(2,3)4/h5-7,12H,1-4H3. The molecule has 0 atom stereocenters. The van der Waals surface area contributed by atoms with E-state index in [1.165, 1.54) is 25.1 Å². The molecule has 0 saturated carbocycles. The minimum atomic E-state index is -3.96. The molecule has 0 aliphatic carbocycles. The predicted molar refractivity (Wildman–Crippen MR) is 69.0 cm³/mol. The van der Waals surface area contributed by atoms with Crippen LogP contribution in [0, 0.1) is 17.0 Å². The van der Waals surface area contributed by atoms with Gasteiger partial charge in [-0.3, -0.25) is 15.0 Å². The number of benzene rings is 1. The third-order valence-corrected chi connectivity index (χ3v) is 3.52. The lowest BCUT2D eigenvalue weighted by Gasteiger charge is -2.19. The molecule has 1 N–H and O–H groups in total. The molecule has 0 bridgehead atoms. The van der Waals surface area contributed by atoms with Crippen molar-refractivity contribution in [3.05, 3.63) is 33.9 Å². The van der Waals surface area contributed by atoms with Crippen LogP contribution in [-0.4, -0.2) is 18.9 Å². The van der Waals surface area contributed by atoms with Gasteiger partial charge in [-0.15, -0.1) is 0 Å². The van der Waals surface area contributed by atoms with Gasteiger partial charge in [0.1, 0.15) is 0 Å². The van der Waals surface area contributed by atoms with Crippen molar-refractivity contribution in [3.63, 3.8) is 0 Å². The van der Waals surface area contributed by atoms with E-state index in [1.807, 2.05) is 4.89 Å². The zero-order chi connectivity index (χ0) is 14.8. The molecule has 0 aliphatic heterocycles. The average molecular weight is 288 g/mol. The Labute approximate surface area is 111 Å². The molecule has 0 radical (unpaired) electrons. The van der Waals surface area contributed by atoms with Crippen LogP contribution in [0.4, 0.5) is 5.69 Å². The van der Waals surface area contributed by atoms with Gasteiger partial charge >= 0.3 is 0 Å². The minimum absolute atomic E-state index is 0.0671. The monoisotopic (exact) mass is 288 g/mol. The first-order chi connectivity index (χ1) is 8.54. The van der Waals surface area contributed by atoms with Crippen LogP contribution < -0.4 is 4.89 Å². The zero-order valence-electron chi connectivity index (χ0n) is 11.1. The van der Waals surface area contributed by atoms with Crippen LogP contribution >= 0.6 is 0 Å². The van der Waals surface area contributed by atoms with Gasteiger partial charge in [-0.2, -0.15) is 0 Å². The number of nitrogens with zero attached hydrogens (tertiary/aromatic N) is 1. The normalized spacial score (nSPS) is 12.4. The highest BCUT2D eigenvalue weighted by molar-refractivity contribution is 7.89. The van der Waals surface area contributed by atoms with Gasteiger partial charge in [0.05, 0.1) is 15.4 Å². The van der Waals surface area contributed by atoms with Crippen molar-refractivity contribution in [2.45, 2.75) is 38.2 Å². The number of nitro benzene ring substituents is 1. The fraction of sp³-hybridized carbons (Fsp3) is 0.455. The van der Waals surface area contributed by atoms with E-state index in [2.05, 4.69) is 0 Å². The number of nitrogens with one attached hydrogen (secondary N) is 1. The Kier molecular flexibility index (Phi) is 4.28. The highest BCUT2D eigenvalue weighted by Gasteiger charge is 2.24. The molecular weight excluding hydrogens is 272 g/mol. The van der Waals surface area contributed by atoms with E-state index in [4.69, 9.17) is 4.84 Å². The Morgan fingerprint density at radius 1 is 1.32 bits per heavy atom. The first kappa shape index (κ1) is 15.5. The van der Waals surface area contributed by atoms with Gasteiger partial charge in [-0.1, -0.05) is 11.0 Å². The Balaban J connectivity index is 3.16. The van der Waals surface area contributed by atoms with E-state index in [0.717, 1.165) is 0 Å². The van der Waals surface area contributed by atoms with Crippen molar-refractivity contribution in [3.8, 4) is 0 Å². The third kappa shape index (κ3) is 3.98. The van der Waals surface area contributed by atoms with E-state index < -0.39 is 20.5 Å². The van der Waals surface area contributed by atoms with Gasteiger partial charge in [0.15, 0.2) is 0 Å². The Hall–Kier alpha value is -1.51. The quantitative estimate of drug-likeness (QED) is 0.674. The van der Waals surface area contributed by atoms with Crippen molar-refractivity contribution in [2.75, 3.05) is 0 Å². The zero-order valence-corrected chi connectivity index (χ0v) is 11.9. The maximum atomic E-state index is 12.0. The summed E-state index contributed by atoms with van der Waals surface area (Å²) in [5.41, 5.74) is -0.891. The summed E-state index contributed by atoms with van der Waals surface area (Å²) in [5.74, 6) is 0. The SMILES string of the molecule is Cc1c([N+](=O)[O-])cccc1S(=O)(=O)NOC(C)(C)C. The van der Waals surface area contributed by atoms with Crippen LogP contribution in [0.2, 0.25) is 0 Å². The van der Waals surface area contributed by atoms with Crippen LogP contribution in [0.1, 0.15) is 26.3 Å². The van der Waals surface area contributed by atoms with Crippen LogP contribution in [-0.2, 0) is 14.9 Å². The van der Waals surface area contributed by atoms with E-state index in [1.54, 1.807) is 20.8 Å². The average Bonchev–Trinajstić information content (AvgIpc) is 2.25. The highest BCUT2D eigenvalue weighted by atomic mass is 32.2. The first-order valence-electron chi connectivity index (χ1n) is 5.48. The fourth-order valence-electron chi connectivity index (χ4n) is 1.32. The van der Waals surface area contributed by atoms with E-state index >= 15 is 0 Å². The second kappa shape index (κ2) is 5.24.